The molecular weight excluding hydrogens is 302 g/mol. The van der Waals surface area contributed by atoms with Crippen LogP contribution in [0.2, 0.25) is 0 Å². The molecule has 0 radical (unpaired) electrons. The van der Waals surface area contributed by atoms with Crippen molar-refractivity contribution in [2.24, 2.45) is 0 Å². The molecular formula is C18H15N5O. The lowest BCUT2D eigenvalue weighted by Gasteiger charge is -2.08. The molecule has 2 aromatic heterocycles. The number of rotatable bonds is 3. The number of anilines is 1. The van der Waals surface area contributed by atoms with Crippen LogP contribution in [0.25, 0.3) is 16.7 Å². The first-order valence-electron chi connectivity index (χ1n) is 7.62. The highest BCUT2D eigenvalue weighted by Crippen LogP contribution is 2.23. The van der Waals surface area contributed by atoms with Crippen molar-refractivity contribution in [3.8, 4) is 0 Å². The molecule has 0 unspecified atom stereocenters. The van der Waals surface area contributed by atoms with Crippen LogP contribution in [-0.2, 0) is 0 Å². The number of carbonyl (C=O) groups excluding carboxylic acids is 1. The number of hydrogen-bond donors (Lipinski definition) is 1. The van der Waals surface area contributed by atoms with Gasteiger partial charge in [-0.05, 0) is 25.1 Å². The summed E-state index contributed by atoms with van der Waals surface area (Å²) in [5.41, 5.74) is 3.51. The Kier molecular flexibility index (Phi) is 3.23. The predicted octanol–water partition coefficient (Wildman–Crippen LogP) is 2.86. The molecule has 0 bridgehead atoms. The fourth-order valence-electron chi connectivity index (χ4n) is 2.84. The van der Waals surface area contributed by atoms with Gasteiger partial charge in [0.1, 0.15) is 5.82 Å². The van der Waals surface area contributed by atoms with Gasteiger partial charge in [0.25, 0.3) is 0 Å². The van der Waals surface area contributed by atoms with E-state index in [0.717, 1.165) is 16.9 Å². The topological polar surface area (TPSA) is 72.2 Å². The van der Waals surface area contributed by atoms with Crippen molar-refractivity contribution in [3.63, 3.8) is 0 Å². The Labute approximate surface area is 138 Å². The maximum atomic E-state index is 12.7. The van der Waals surface area contributed by atoms with Crippen LogP contribution in [-0.4, -0.2) is 32.4 Å². The van der Waals surface area contributed by atoms with Crippen molar-refractivity contribution in [2.75, 3.05) is 12.4 Å². The molecule has 0 saturated heterocycles. The fraction of sp³-hybridized carbons (Fsp3) is 0.111. The van der Waals surface area contributed by atoms with Gasteiger partial charge in [0.2, 0.25) is 5.65 Å². The molecule has 0 atom stereocenters. The Morgan fingerprint density at radius 3 is 2.58 bits per heavy atom. The maximum absolute atomic E-state index is 12.7. The van der Waals surface area contributed by atoms with Crippen LogP contribution in [0.3, 0.4) is 0 Å². The number of fused-ring (bicyclic) bond motifs is 3. The van der Waals surface area contributed by atoms with Crippen molar-refractivity contribution < 1.29 is 4.79 Å². The number of aromatic nitrogens is 4. The van der Waals surface area contributed by atoms with Crippen LogP contribution in [0.4, 0.5) is 5.82 Å². The van der Waals surface area contributed by atoms with Gasteiger partial charge in [0, 0.05) is 18.2 Å². The van der Waals surface area contributed by atoms with E-state index in [1.165, 1.54) is 0 Å². The van der Waals surface area contributed by atoms with Crippen LogP contribution in [0.15, 0.2) is 48.5 Å². The summed E-state index contributed by atoms with van der Waals surface area (Å²) in [7, 11) is 1.80. The number of aryl methyl sites for hydroxylation is 1. The Bertz CT molecular complexity index is 1070. The zero-order valence-electron chi connectivity index (χ0n) is 13.3. The zero-order valence-corrected chi connectivity index (χ0v) is 13.3. The molecule has 2 heterocycles. The molecule has 0 aliphatic heterocycles. The molecule has 2 aromatic carbocycles. The van der Waals surface area contributed by atoms with E-state index in [-0.39, 0.29) is 5.78 Å². The number of nitrogens with zero attached hydrogens (tertiary/aromatic N) is 4. The van der Waals surface area contributed by atoms with E-state index in [1.54, 1.807) is 13.1 Å². The Hall–Kier alpha value is -3.28. The summed E-state index contributed by atoms with van der Waals surface area (Å²) in [5.74, 6) is 1.39. The van der Waals surface area contributed by atoms with Crippen molar-refractivity contribution in [1.82, 2.24) is 19.6 Å². The monoisotopic (exact) mass is 317 g/mol. The molecule has 4 aromatic rings. The SMILES string of the molecule is CNc1nc2ccc(C(=O)c3ccccc3)cc2n2c(C)nnc12. The molecule has 1 N–H and O–H groups in total. The second-order valence-corrected chi connectivity index (χ2v) is 5.52. The molecule has 24 heavy (non-hydrogen) atoms. The summed E-state index contributed by atoms with van der Waals surface area (Å²) < 4.78 is 1.91. The summed E-state index contributed by atoms with van der Waals surface area (Å²) in [6.45, 7) is 1.88. The smallest absolute Gasteiger partial charge is 0.204 e. The minimum Gasteiger partial charge on any atom is -0.370 e. The average molecular weight is 317 g/mol. The van der Waals surface area contributed by atoms with Gasteiger partial charge >= 0.3 is 0 Å². The van der Waals surface area contributed by atoms with E-state index >= 15 is 0 Å². The highest BCUT2D eigenvalue weighted by atomic mass is 16.1. The van der Waals surface area contributed by atoms with Crippen molar-refractivity contribution >= 4 is 28.3 Å². The summed E-state index contributed by atoms with van der Waals surface area (Å²) in [6.07, 6.45) is 0. The molecule has 0 saturated carbocycles. The largest absolute Gasteiger partial charge is 0.370 e. The minimum absolute atomic E-state index is 0.0194. The molecule has 0 aliphatic rings. The average Bonchev–Trinajstić information content (AvgIpc) is 3.03. The van der Waals surface area contributed by atoms with E-state index in [2.05, 4.69) is 20.5 Å². The number of carbonyl (C=O) groups is 1. The lowest BCUT2D eigenvalue weighted by molar-refractivity contribution is 0.103. The van der Waals surface area contributed by atoms with E-state index in [1.807, 2.05) is 53.8 Å². The van der Waals surface area contributed by atoms with Crippen molar-refractivity contribution in [1.29, 1.82) is 0 Å². The van der Waals surface area contributed by atoms with Crippen LogP contribution in [0, 0.1) is 6.92 Å². The normalized spacial score (nSPS) is 11.1. The van der Waals surface area contributed by atoms with Gasteiger partial charge in [-0.25, -0.2) is 4.98 Å². The van der Waals surface area contributed by atoms with Gasteiger partial charge in [-0.2, -0.15) is 0 Å². The van der Waals surface area contributed by atoms with Gasteiger partial charge in [0.05, 0.1) is 11.0 Å². The molecule has 118 valence electrons. The van der Waals surface area contributed by atoms with Gasteiger partial charge in [-0.15, -0.1) is 10.2 Å². The lowest BCUT2D eigenvalue weighted by atomic mass is 10.0. The van der Waals surface area contributed by atoms with Crippen molar-refractivity contribution in [3.05, 3.63) is 65.5 Å². The summed E-state index contributed by atoms with van der Waals surface area (Å²) in [5, 5.41) is 11.3. The van der Waals surface area contributed by atoms with Crippen LogP contribution >= 0.6 is 0 Å². The molecule has 4 rings (SSSR count). The second kappa shape index (κ2) is 5.42. The number of hydrogen-bond acceptors (Lipinski definition) is 5. The zero-order chi connectivity index (χ0) is 16.7. The third-order valence-electron chi connectivity index (χ3n) is 4.02. The maximum Gasteiger partial charge on any atom is 0.204 e. The molecule has 0 amide bonds. The summed E-state index contributed by atoms with van der Waals surface area (Å²) in [6, 6.07) is 14.7. The Morgan fingerprint density at radius 1 is 1.04 bits per heavy atom. The third-order valence-corrected chi connectivity index (χ3v) is 4.02. The molecule has 6 nitrogen and oxygen atoms in total. The predicted molar refractivity (Wildman–Crippen MR) is 92.4 cm³/mol. The van der Waals surface area contributed by atoms with Gasteiger partial charge < -0.3 is 5.32 Å². The van der Waals surface area contributed by atoms with Gasteiger partial charge in [-0.3, -0.25) is 9.20 Å². The summed E-state index contributed by atoms with van der Waals surface area (Å²) >= 11 is 0. The lowest BCUT2D eigenvalue weighted by Crippen LogP contribution is -2.04. The van der Waals surface area contributed by atoms with Crippen LogP contribution in [0.1, 0.15) is 21.7 Å². The fourth-order valence-corrected chi connectivity index (χ4v) is 2.84. The van der Waals surface area contributed by atoms with Gasteiger partial charge in [-0.1, -0.05) is 30.3 Å². The first-order valence-corrected chi connectivity index (χ1v) is 7.62. The molecule has 0 fully saturated rings. The number of ketones is 1. The van der Waals surface area contributed by atoms with Gasteiger partial charge in [0.15, 0.2) is 11.6 Å². The first kappa shape index (κ1) is 14.3. The van der Waals surface area contributed by atoms with E-state index in [9.17, 15) is 4.79 Å². The Morgan fingerprint density at radius 2 is 1.83 bits per heavy atom. The molecule has 6 heteroatoms. The highest BCUT2D eigenvalue weighted by molar-refractivity contribution is 6.10. The highest BCUT2D eigenvalue weighted by Gasteiger charge is 2.15. The van der Waals surface area contributed by atoms with Crippen LogP contribution in [0.5, 0.6) is 0 Å². The van der Waals surface area contributed by atoms with Crippen molar-refractivity contribution in [2.45, 2.75) is 6.92 Å². The Balaban J connectivity index is 1.97. The minimum atomic E-state index is -0.0194. The molecule has 0 aliphatic carbocycles. The second-order valence-electron chi connectivity index (χ2n) is 5.52. The number of nitrogens with one attached hydrogen (secondary N) is 1. The summed E-state index contributed by atoms with van der Waals surface area (Å²) in [4.78, 5) is 17.3. The van der Waals surface area contributed by atoms with Crippen LogP contribution < -0.4 is 5.32 Å². The molecule has 0 spiro atoms. The first-order chi connectivity index (χ1) is 11.7. The number of benzene rings is 2. The standard InChI is InChI=1S/C18H15N5O/c1-11-21-22-18-17(19-2)20-14-9-8-13(10-15(14)23(11)18)16(24)12-6-4-3-5-7-12/h3-10H,1-2H3,(H,19,20). The van der Waals surface area contributed by atoms with E-state index < -0.39 is 0 Å². The third kappa shape index (κ3) is 2.11. The van der Waals surface area contributed by atoms with E-state index in [4.69, 9.17) is 0 Å². The van der Waals surface area contributed by atoms with E-state index in [0.29, 0.717) is 22.6 Å². The quantitative estimate of drug-likeness (QED) is 0.588.